The molecule has 7 heteroatoms. The second-order valence-electron chi connectivity index (χ2n) is 7.80. The summed E-state index contributed by atoms with van der Waals surface area (Å²) in [7, 11) is 4.04. The zero-order valence-electron chi connectivity index (χ0n) is 16.7. The van der Waals surface area contributed by atoms with E-state index in [4.69, 9.17) is 9.52 Å². The second kappa shape index (κ2) is 8.43. The third kappa shape index (κ3) is 4.11. The number of benzene rings is 1. The lowest BCUT2D eigenvalue weighted by atomic mass is 9.96. The van der Waals surface area contributed by atoms with Crippen LogP contribution in [0.15, 0.2) is 34.7 Å². The molecule has 2 aromatic heterocycles. The Labute approximate surface area is 165 Å². The van der Waals surface area contributed by atoms with Gasteiger partial charge in [0.15, 0.2) is 0 Å². The number of rotatable bonds is 7. The highest BCUT2D eigenvalue weighted by atomic mass is 16.3. The number of hydrogen-bond donors (Lipinski definition) is 1. The minimum absolute atomic E-state index is 0.158. The van der Waals surface area contributed by atoms with E-state index in [1.165, 1.54) is 5.39 Å². The minimum atomic E-state index is 0.158. The van der Waals surface area contributed by atoms with E-state index in [0.717, 1.165) is 55.5 Å². The van der Waals surface area contributed by atoms with E-state index in [1.807, 2.05) is 25.2 Å². The van der Waals surface area contributed by atoms with Gasteiger partial charge in [-0.1, -0.05) is 18.2 Å². The Morgan fingerprint density at radius 1 is 1.21 bits per heavy atom. The van der Waals surface area contributed by atoms with Crippen LogP contribution < -0.4 is 0 Å². The standard InChI is InChI=1S/C21H29N5O2/c1-24(11-12-27)15-20-22-23-21(25(20)2)16-7-9-26(10-8-16)14-18-13-17-5-3-4-6-19(17)28-18/h3-6,13,16,27H,7-12,14-15H2,1-2H3. The summed E-state index contributed by atoms with van der Waals surface area (Å²) in [6.07, 6.45) is 2.16. The maximum Gasteiger partial charge on any atom is 0.146 e. The first-order valence-corrected chi connectivity index (χ1v) is 10.0. The molecule has 0 unspecified atom stereocenters. The van der Waals surface area contributed by atoms with Gasteiger partial charge in [0, 0.05) is 24.9 Å². The molecule has 1 aliphatic heterocycles. The summed E-state index contributed by atoms with van der Waals surface area (Å²) in [5, 5.41) is 19.1. The van der Waals surface area contributed by atoms with Crippen molar-refractivity contribution in [2.75, 3.05) is 33.3 Å². The van der Waals surface area contributed by atoms with E-state index < -0.39 is 0 Å². The van der Waals surface area contributed by atoms with Crippen LogP contribution in [0.1, 0.15) is 36.2 Å². The molecule has 3 aromatic rings. The van der Waals surface area contributed by atoms with Crippen LogP contribution in [0.5, 0.6) is 0 Å². The molecule has 1 saturated heterocycles. The van der Waals surface area contributed by atoms with Crippen LogP contribution in [0.3, 0.4) is 0 Å². The highest BCUT2D eigenvalue weighted by molar-refractivity contribution is 5.77. The molecule has 7 nitrogen and oxygen atoms in total. The van der Waals surface area contributed by atoms with Crippen LogP contribution in [0, 0.1) is 0 Å². The lowest BCUT2D eigenvalue weighted by molar-refractivity contribution is 0.188. The van der Waals surface area contributed by atoms with Crippen molar-refractivity contribution in [3.63, 3.8) is 0 Å². The van der Waals surface area contributed by atoms with Crippen LogP contribution in [-0.2, 0) is 20.1 Å². The summed E-state index contributed by atoms with van der Waals surface area (Å²) < 4.78 is 8.10. The third-order valence-electron chi connectivity index (χ3n) is 5.70. The average Bonchev–Trinajstić information content (AvgIpc) is 3.26. The summed E-state index contributed by atoms with van der Waals surface area (Å²) in [4.78, 5) is 4.52. The fourth-order valence-electron chi connectivity index (χ4n) is 4.04. The maximum atomic E-state index is 9.07. The fourth-order valence-corrected chi connectivity index (χ4v) is 4.04. The molecule has 0 aliphatic carbocycles. The molecule has 28 heavy (non-hydrogen) atoms. The van der Waals surface area contributed by atoms with Gasteiger partial charge in [-0.15, -0.1) is 10.2 Å². The number of hydrogen-bond acceptors (Lipinski definition) is 6. The topological polar surface area (TPSA) is 70.6 Å². The molecule has 150 valence electrons. The summed E-state index contributed by atoms with van der Waals surface area (Å²) in [5.74, 6) is 3.51. The van der Waals surface area contributed by atoms with Crippen molar-refractivity contribution < 1.29 is 9.52 Å². The van der Waals surface area contributed by atoms with Crippen LogP contribution in [0.4, 0.5) is 0 Å². The number of aromatic nitrogens is 3. The molecule has 1 aromatic carbocycles. The smallest absolute Gasteiger partial charge is 0.146 e. The van der Waals surface area contributed by atoms with Gasteiger partial charge in [0.05, 0.1) is 19.7 Å². The maximum absolute atomic E-state index is 9.07. The van der Waals surface area contributed by atoms with Crippen molar-refractivity contribution in [3.05, 3.63) is 47.7 Å². The van der Waals surface area contributed by atoms with Gasteiger partial charge in [0.2, 0.25) is 0 Å². The van der Waals surface area contributed by atoms with E-state index >= 15 is 0 Å². The Morgan fingerprint density at radius 2 is 2.00 bits per heavy atom. The number of aliphatic hydroxyl groups excluding tert-OH is 1. The molecule has 1 fully saturated rings. The highest BCUT2D eigenvalue weighted by Gasteiger charge is 2.26. The van der Waals surface area contributed by atoms with Crippen molar-refractivity contribution >= 4 is 11.0 Å². The van der Waals surface area contributed by atoms with E-state index in [1.54, 1.807) is 0 Å². The summed E-state index contributed by atoms with van der Waals surface area (Å²) in [6, 6.07) is 10.3. The van der Waals surface area contributed by atoms with Gasteiger partial charge < -0.3 is 14.1 Å². The molecule has 4 rings (SSSR count). The molecule has 0 bridgehead atoms. The van der Waals surface area contributed by atoms with Gasteiger partial charge in [0.1, 0.15) is 23.0 Å². The molecular weight excluding hydrogens is 354 g/mol. The minimum Gasteiger partial charge on any atom is -0.460 e. The van der Waals surface area contributed by atoms with E-state index in [9.17, 15) is 0 Å². The Hall–Kier alpha value is -2.22. The number of nitrogens with zero attached hydrogens (tertiary/aromatic N) is 5. The molecule has 1 N–H and O–H groups in total. The fraction of sp³-hybridized carbons (Fsp3) is 0.524. The predicted molar refractivity (Wildman–Crippen MR) is 108 cm³/mol. The summed E-state index contributed by atoms with van der Waals surface area (Å²) >= 11 is 0. The predicted octanol–water partition coefficient (Wildman–Crippen LogP) is 2.36. The monoisotopic (exact) mass is 383 g/mol. The Bertz CT molecular complexity index is 878. The zero-order valence-corrected chi connectivity index (χ0v) is 16.7. The van der Waals surface area contributed by atoms with Crippen LogP contribution >= 0.6 is 0 Å². The molecular formula is C21H29N5O2. The molecule has 0 amide bonds. The van der Waals surface area contributed by atoms with Crippen molar-refractivity contribution in [1.82, 2.24) is 24.6 Å². The molecule has 0 spiro atoms. The van der Waals surface area contributed by atoms with E-state index in [2.05, 4.69) is 43.7 Å². The average molecular weight is 383 g/mol. The lowest BCUT2D eigenvalue weighted by Gasteiger charge is -2.30. The normalized spacial score (nSPS) is 16.4. The lowest BCUT2D eigenvalue weighted by Crippen LogP contribution is -2.33. The van der Waals surface area contributed by atoms with Gasteiger partial charge in [-0.3, -0.25) is 9.80 Å². The van der Waals surface area contributed by atoms with Gasteiger partial charge in [-0.25, -0.2) is 0 Å². The summed E-state index contributed by atoms with van der Waals surface area (Å²) in [5.41, 5.74) is 0.963. The van der Waals surface area contributed by atoms with Gasteiger partial charge in [-0.05, 0) is 45.1 Å². The van der Waals surface area contributed by atoms with Crippen LogP contribution in [0.2, 0.25) is 0 Å². The second-order valence-corrected chi connectivity index (χ2v) is 7.80. The SMILES string of the molecule is CN(CCO)Cc1nnc(C2CCN(Cc3cc4ccccc4o3)CC2)n1C. The van der Waals surface area contributed by atoms with Crippen molar-refractivity contribution in [2.24, 2.45) is 7.05 Å². The molecule has 3 heterocycles. The highest BCUT2D eigenvalue weighted by Crippen LogP contribution is 2.28. The zero-order chi connectivity index (χ0) is 19.5. The number of likely N-dealkylation sites (tertiary alicyclic amines) is 1. The number of furan rings is 1. The quantitative estimate of drug-likeness (QED) is 0.675. The van der Waals surface area contributed by atoms with Crippen LogP contribution in [-0.4, -0.2) is 63.0 Å². The Balaban J connectivity index is 1.34. The number of para-hydroxylation sites is 1. The molecule has 0 radical (unpaired) electrons. The Kier molecular flexibility index (Phi) is 5.75. The van der Waals surface area contributed by atoms with Crippen molar-refractivity contribution in [1.29, 1.82) is 0 Å². The van der Waals surface area contributed by atoms with E-state index in [0.29, 0.717) is 19.0 Å². The van der Waals surface area contributed by atoms with Crippen molar-refractivity contribution in [3.8, 4) is 0 Å². The number of aliphatic hydroxyl groups is 1. The first-order valence-electron chi connectivity index (χ1n) is 10.0. The molecule has 0 saturated carbocycles. The number of piperidine rings is 1. The summed E-state index contributed by atoms with van der Waals surface area (Å²) in [6.45, 7) is 4.43. The largest absolute Gasteiger partial charge is 0.460 e. The van der Waals surface area contributed by atoms with Gasteiger partial charge in [-0.2, -0.15) is 0 Å². The number of likely N-dealkylation sites (N-methyl/N-ethyl adjacent to an activating group) is 1. The molecule has 1 aliphatic rings. The van der Waals surface area contributed by atoms with Crippen molar-refractivity contribution in [2.45, 2.75) is 31.8 Å². The van der Waals surface area contributed by atoms with Gasteiger partial charge in [0.25, 0.3) is 0 Å². The molecule has 0 atom stereocenters. The third-order valence-corrected chi connectivity index (χ3v) is 5.70. The first-order chi connectivity index (χ1) is 13.6. The van der Waals surface area contributed by atoms with Crippen LogP contribution in [0.25, 0.3) is 11.0 Å². The number of fused-ring (bicyclic) bond motifs is 1. The van der Waals surface area contributed by atoms with Gasteiger partial charge >= 0.3 is 0 Å². The Morgan fingerprint density at radius 3 is 2.75 bits per heavy atom. The van der Waals surface area contributed by atoms with E-state index in [-0.39, 0.29) is 6.61 Å². The first kappa shape index (κ1) is 19.1.